The Labute approximate surface area is 207 Å². The molecule has 1 atom stereocenters. The van der Waals surface area contributed by atoms with Gasteiger partial charge in [-0.25, -0.2) is 0 Å². The van der Waals surface area contributed by atoms with Gasteiger partial charge < -0.3 is 19.4 Å². The molecular weight excluding hydrogens is 461 g/mol. The number of aryl methyl sites for hydroxylation is 2. The number of amides is 1. The van der Waals surface area contributed by atoms with Crippen LogP contribution in [0.5, 0.6) is 0 Å². The molecule has 0 heterocycles. The lowest BCUT2D eigenvalue weighted by Gasteiger charge is -2.23. The Morgan fingerprint density at radius 3 is 1.94 bits per heavy atom. The number of benzene rings is 3. The summed E-state index contributed by atoms with van der Waals surface area (Å²) in [4.78, 5) is 27.0. The molecule has 0 saturated heterocycles. The lowest BCUT2D eigenvalue weighted by atomic mass is 9.98. The molecule has 0 radical (unpaired) electrons. The van der Waals surface area contributed by atoms with Crippen LogP contribution < -0.4 is 15.9 Å². The second-order valence-electron chi connectivity index (χ2n) is 8.47. The molecule has 0 aliphatic rings. The number of anilines is 1. The van der Waals surface area contributed by atoms with Gasteiger partial charge in [-0.05, 0) is 44.4 Å². The number of nitrogens with one attached hydrogen (secondary N) is 1. The molecule has 1 amide bonds. The third kappa shape index (κ3) is 5.62. The SMILES string of the molecule is COCCOC(C)C(=O)Nc1c(C)cc(C)c(C(=O)P(=O)(c2ccccc2)c2ccccc2)c1C. The molecule has 1 unspecified atom stereocenters. The number of carbonyl (C=O) groups excluding carboxylic acids is 2. The summed E-state index contributed by atoms with van der Waals surface area (Å²) in [7, 11) is -2.12. The van der Waals surface area contributed by atoms with Crippen LogP contribution in [-0.2, 0) is 18.8 Å². The van der Waals surface area contributed by atoms with Crippen molar-refractivity contribution in [3.05, 3.63) is 89.0 Å². The molecular formula is C28H32NO5P. The van der Waals surface area contributed by atoms with Gasteiger partial charge in [0.1, 0.15) is 6.10 Å². The first-order valence-electron chi connectivity index (χ1n) is 11.5. The van der Waals surface area contributed by atoms with E-state index < -0.39 is 18.8 Å². The van der Waals surface area contributed by atoms with Crippen molar-refractivity contribution in [1.29, 1.82) is 0 Å². The van der Waals surface area contributed by atoms with E-state index in [9.17, 15) is 14.2 Å². The van der Waals surface area contributed by atoms with Gasteiger partial charge in [0.05, 0.1) is 13.2 Å². The number of ether oxygens (including phenoxy) is 2. The van der Waals surface area contributed by atoms with E-state index in [0.29, 0.717) is 39.6 Å². The standard InChI is InChI=1S/C28H32NO5P/c1-19-18-20(2)26(29-27(30)22(4)34-17-16-33-5)21(3)25(19)28(31)35(32,23-12-8-6-9-13-23)24-14-10-7-11-15-24/h6-15,18,22H,16-17H2,1-5H3,(H,29,30). The molecule has 0 spiro atoms. The molecule has 0 aliphatic heterocycles. The summed E-state index contributed by atoms with van der Waals surface area (Å²) in [6.45, 7) is 7.81. The highest BCUT2D eigenvalue weighted by Gasteiger charge is 2.38. The van der Waals surface area contributed by atoms with Gasteiger partial charge in [0.25, 0.3) is 5.91 Å². The van der Waals surface area contributed by atoms with E-state index in [1.165, 1.54) is 0 Å². The average molecular weight is 494 g/mol. The van der Waals surface area contributed by atoms with Crippen LogP contribution in [-0.4, -0.2) is 37.9 Å². The first kappa shape index (κ1) is 26.6. The summed E-state index contributed by atoms with van der Waals surface area (Å²) in [6, 6.07) is 19.5. The Morgan fingerprint density at radius 2 is 1.43 bits per heavy atom. The maximum absolute atomic E-state index is 14.6. The highest BCUT2D eigenvalue weighted by Crippen LogP contribution is 2.48. The molecule has 0 saturated carbocycles. The minimum absolute atomic E-state index is 0.290. The summed E-state index contributed by atoms with van der Waals surface area (Å²) in [5.41, 5.74) is 2.53. The Balaban J connectivity index is 2.07. The average Bonchev–Trinajstić information content (AvgIpc) is 2.86. The number of carbonyl (C=O) groups is 2. The largest absolute Gasteiger partial charge is 0.382 e. The number of methoxy groups -OCH3 is 1. The fourth-order valence-electron chi connectivity index (χ4n) is 4.13. The number of rotatable bonds is 10. The van der Waals surface area contributed by atoms with Crippen molar-refractivity contribution in [3.63, 3.8) is 0 Å². The van der Waals surface area contributed by atoms with Crippen LogP contribution in [0, 0.1) is 20.8 Å². The molecule has 3 aromatic carbocycles. The summed E-state index contributed by atoms with van der Waals surface area (Å²) in [5, 5.41) is 3.86. The highest BCUT2D eigenvalue weighted by atomic mass is 31.2. The zero-order chi connectivity index (χ0) is 25.6. The second-order valence-corrected chi connectivity index (χ2v) is 11.1. The predicted molar refractivity (Wildman–Crippen MR) is 141 cm³/mol. The third-order valence-electron chi connectivity index (χ3n) is 5.98. The Hall–Kier alpha value is -3.05. The van der Waals surface area contributed by atoms with Crippen LogP contribution in [0.2, 0.25) is 0 Å². The summed E-state index contributed by atoms with van der Waals surface area (Å²) in [6.07, 6.45) is -0.704. The van der Waals surface area contributed by atoms with E-state index in [0.717, 1.165) is 5.56 Å². The van der Waals surface area contributed by atoms with Crippen LogP contribution in [0.3, 0.4) is 0 Å². The van der Waals surface area contributed by atoms with Gasteiger partial charge in [0.2, 0.25) is 12.7 Å². The fourth-order valence-corrected chi connectivity index (χ4v) is 6.74. The van der Waals surface area contributed by atoms with Crippen LogP contribution in [0.25, 0.3) is 0 Å². The van der Waals surface area contributed by atoms with Crippen LogP contribution in [0.15, 0.2) is 66.7 Å². The molecule has 1 N–H and O–H groups in total. The molecule has 0 fully saturated rings. The molecule has 0 bridgehead atoms. The van der Waals surface area contributed by atoms with Gasteiger partial charge >= 0.3 is 0 Å². The monoisotopic (exact) mass is 493 g/mol. The van der Waals surface area contributed by atoms with E-state index in [1.54, 1.807) is 69.5 Å². The van der Waals surface area contributed by atoms with Crippen molar-refractivity contribution in [2.45, 2.75) is 33.8 Å². The number of hydrogen-bond donors (Lipinski definition) is 1. The van der Waals surface area contributed by atoms with Crippen molar-refractivity contribution >= 4 is 34.9 Å². The Morgan fingerprint density at radius 1 is 0.886 bits per heavy atom. The fraction of sp³-hybridized carbons (Fsp3) is 0.286. The zero-order valence-corrected chi connectivity index (χ0v) is 21.7. The van der Waals surface area contributed by atoms with Crippen LogP contribution in [0.1, 0.15) is 34.0 Å². The van der Waals surface area contributed by atoms with Crippen molar-refractivity contribution in [3.8, 4) is 0 Å². The van der Waals surface area contributed by atoms with Crippen LogP contribution >= 0.6 is 7.14 Å². The van der Waals surface area contributed by atoms with Crippen molar-refractivity contribution in [2.24, 2.45) is 0 Å². The molecule has 3 aromatic rings. The minimum Gasteiger partial charge on any atom is -0.382 e. The normalized spacial score (nSPS) is 12.3. The molecule has 35 heavy (non-hydrogen) atoms. The topological polar surface area (TPSA) is 81.7 Å². The highest BCUT2D eigenvalue weighted by molar-refractivity contribution is 7.93. The van der Waals surface area contributed by atoms with Crippen molar-refractivity contribution in [2.75, 3.05) is 25.6 Å². The van der Waals surface area contributed by atoms with E-state index in [2.05, 4.69) is 5.32 Å². The van der Waals surface area contributed by atoms with Crippen molar-refractivity contribution < 1.29 is 23.6 Å². The molecule has 184 valence electrons. The summed E-state index contributed by atoms with van der Waals surface area (Å²) >= 11 is 0. The van der Waals surface area contributed by atoms with Gasteiger partial charge in [-0.15, -0.1) is 0 Å². The summed E-state index contributed by atoms with van der Waals surface area (Å²) < 4.78 is 25.1. The third-order valence-corrected chi connectivity index (χ3v) is 8.83. The van der Waals surface area contributed by atoms with Crippen LogP contribution in [0.4, 0.5) is 5.69 Å². The van der Waals surface area contributed by atoms with Crippen molar-refractivity contribution in [1.82, 2.24) is 0 Å². The lowest BCUT2D eigenvalue weighted by molar-refractivity contribution is -0.127. The lowest BCUT2D eigenvalue weighted by Crippen LogP contribution is -2.30. The quantitative estimate of drug-likeness (QED) is 0.325. The smallest absolute Gasteiger partial charge is 0.253 e. The van der Waals surface area contributed by atoms with E-state index in [-0.39, 0.29) is 12.5 Å². The van der Waals surface area contributed by atoms with Gasteiger partial charge in [0.15, 0.2) is 0 Å². The van der Waals surface area contributed by atoms with E-state index in [1.807, 2.05) is 32.0 Å². The zero-order valence-electron chi connectivity index (χ0n) is 20.8. The predicted octanol–water partition coefficient (Wildman–Crippen LogP) is 4.76. The number of hydrogen-bond acceptors (Lipinski definition) is 5. The maximum Gasteiger partial charge on any atom is 0.253 e. The maximum atomic E-state index is 14.6. The van der Waals surface area contributed by atoms with Gasteiger partial charge in [-0.1, -0.05) is 66.7 Å². The van der Waals surface area contributed by atoms with E-state index in [4.69, 9.17) is 9.47 Å². The Bertz CT molecular complexity index is 1200. The molecule has 3 rings (SSSR count). The molecule has 0 aromatic heterocycles. The minimum atomic E-state index is -3.69. The second kappa shape index (κ2) is 11.6. The molecule has 7 heteroatoms. The van der Waals surface area contributed by atoms with E-state index >= 15 is 0 Å². The summed E-state index contributed by atoms with van der Waals surface area (Å²) in [5.74, 6) is -0.330. The van der Waals surface area contributed by atoms with Gasteiger partial charge in [-0.2, -0.15) is 0 Å². The molecule has 0 aliphatic carbocycles. The Kier molecular flexibility index (Phi) is 8.79. The van der Waals surface area contributed by atoms with Gasteiger partial charge in [-0.3, -0.25) is 9.59 Å². The first-order valence-corrected chi connectivity index (χ1v) is 13.2. The van der Waals surface area contributed by atoms with Gasteiger partial charge in [0, 0.05) is 29.0 Å². The first-order chi connectivity index (χ1) is 16.7. The molecule has 6 nitrogen and oxygen atoms in total.